The van der Waals surface area contributed by atoms with Gasteiger partial charge in [-0.3, -0.25) is 19.6 Å². The first kappa shape index (κ1) is 20.5. The number of nitrogens with one attached hydrogen (secondary N) is 3. The van der Waals surface area contributed by atoms with Gasteiger partial charge in [0.1, 0.15) is 0 Å². The van der Waals surface area contributed by atoms with Crippen LogP contribution in [0.4, 0.5) is 16.5 Å². The fraction of sp³-hybridized carbons (Fsp3) is 0.105. The summed E-state index contributed by atoms with van der Waals surface area (Å²) >= 11 is 1.30. The molecule has 0 aliphatic rings. The summed E-state index contributed by atoms with van der Waals surface area (Å²) in [6.45, 7) is 1.44. The van der Waals surface area contributed by atoms with Gasteiger partial charge in [-0.05, 0) is 42.0 Å². The van der Waals surface area contributed by atoms with E-state index in [0.29, 0.717) is 16.5 Å². The van der Waals surface area contributed by atoms with Crippen molar-refractivity contribution in [1.29, 1.82) is 0 Å². The molecule has 2 amide bonds. The van der Waals surface area contributed by atoms with Crippen LogP contribution in [0.15, 0.2) is 48.5 Å². The minimum atomic E-state index is -3.33. The maximum absolute atomic E-state index is 12.1. The molecule has 2 aromatic carbocycles. The minimum Gasteiger partial charge on any atom is -0.326 e. The van der Waals surface area contributed by atoms with Gasteiger partial charge < -0.3 is 5.32 Å². The molecule has 0 spiro atoms. The molecule has 3 N–H and O–H groups in total. The minimum absolute atomic E-state index is 0.160. The summed E-state index contributed by atoms with van der Waals surface area (Å²) in [7, 11) is -3.33. The molecule has 0 bridgehead atoms. The van der Waals surface area contributed by atoms with Gasteiger partial charge in [0.2, 0.25) is 21.8 Å². The van der Waals surface area contributed by atoms with E-state index in [1.165, 1.54) is 24.3 Å². The predicted octanol–water partition coefficient (Wildman–Crippen LogP) is 3.28. The number of anilines is 3. The Labute approximate surface area is 171 Å². The van der Waals surface area contributed by atoms with Crippen LogP contribution in [0, 0.1) is 0 Å². The number of aromatic nitrogens is 1. The van der Waals surface area contributed by atoms with Crippen molar-refractivity contribution in [2.24, 2.45) is 0 Å². The van der Waals surface area contributed by atoms with E-state index >= 15 is 0 Å². The van der Waals surface area contributed by atoms with E-state index in [0.717, 1.165) is 22.0 Å². The molecule has 8 nitrogen and oxygen atoms in total. The van der Waals surface area contributed by atoms with E-state index in [2.05, 4.69) is 20.3 Å². The molecule has 0 radical (unpaired) electrons. The second-order valence-electron chi connectivity index (χ2n) is 6.20. The zero-order valence-corrected chi connectivity index (χ0v) is 17.2. The monoisotopic (exact) mass is 430 g/mol. The topological polar surface area (TPSA) is 117 Å². The quantitative estimate of drug-likeness (QED) is 0.519. The predicted molar refractivity (Wildman–Crippen MR) is 116 cm³/mol. The number of nitrogens with zero attached hydrogens (tertiary/aromatic N) is 1. The van der Waals surface area contributed by atoms with Crippen LogP contribution in [0.5, 0.6) is 0 Å². The van der Waals surface area contributed by atoms with Gasteiger partial charge >= 0.3 is 0 Å². The number of amides is 2. The largest absolute Gasteiger partial charge is 0.326 e. The molecule has 0 fully saturated rings. The molecular formula is C19H18N4O4S2. The number of carbonyl (C=O) groups is 2. The first-order valence-corrected chi connectivity index (χ1v) is 11.1. The molecular weight excluding hydrogens is 412 g/mol. The molecule has 1 aromatic heterocycles. The number of rotatable bonds is 6. The van der Waals surface area contributed by atoms with Gasteiger partial charge in [0.25, 0.3) is 0 Å². The van der Waals surface area contributed by atoms with Gasteiger partial charge in [0.15, 0.2) is 5.13 Å². The molecule has 0 aliphatic heterocycles. The lowest BCUT2D eigenvalue weighted by Gasteiger charge is -2.03. The SMILES string of the molecule is CC(=O)Nc1ccc2nc(NC(=O)/C=C/c3ccc(NS(C)(=O)=O)cc3)sc2c1. The van der Waals surface area contributed by atoms with Gasteiger partial charge in [-0.15, -0.1) is 0 Å². The highest BCUT2D eigenvalue weighted by Crippen LogP contribution is 2.28. The van der Waals surface area contributed by atoms with E-state index in [-0.39, 0.29) is 11.8 Å². The molecule has 150 valence electrons. The van der Waals surface area contributed by atoms with E-state index < -0.39 is 10.0 Å². The van der Waals surface area contributed by atoms with Crippen LogP contribution in [0.2, 0.25) is 0 Å². The van der Waals surface area contributed by atoms with Gasteiger partial charge in [-0.25, -0.2) is 13.4 Å². The normalized spacial score (nSPS) is 11.5. The maximum atomic E-state index is 12.1. The smallest absolute Gasteiger partial charge is 0.250 e. The standard InChI is InChI=1S/C19H18N4O4S2/c1-12(24)20-15-8-9-16-17(11-15)28-19(21-16)22-18(25)10-5-13-3-6-14(7-4-13)23-29(2,26)27/h3-11,23H,1-2H3,(H,20,24)(H,21,22,25)/b10-5+. The Bertz CT molecular complexity index is 1200. The van der Waals surface area contributed by atoms with Crippen molar-refractivity contribution < 1.29 is 18.0 Å². The van der Waals surface area contributed by atoms with Gasteiger partial charge in [-0.1, -0.05) is 23.5 Å². The lowest BCUT2D eigenvalue weighted by atomic mass is 10.2. The number of fused-ring (bicyclic) bond motifs is 1. The summed E-state index contributed by atoms with van der Waals surface area (Å²) in [5.41, 5.74) is 2.57. The summed E-state index contributed by atoms with van der Waals surface area (Å²) in [4.78, 5) is 27.6. The number of hydrogen-bond donors (Lipinski definition) is 3. The summed E-state index contributed by atoms with van der Waals surface area (Å²) in [6.07, 6.45) is 4.06. The second-order valence-corrected chi connectivity index (χ2v) is 8.98. The van der Waals surface area contributed by atoms with E-state index in [1.807, 2.05) is 0 Å². The third-order valence-corrected chi connectivity index (χ3v) is 5.12. The van der Waals surface area contributed by atoms with Gasteiger partial charge in [0.05, 0.1) is 16.5 Å². The number of benzene rings is 2. The van der Waals surface area contributed by atoms with Crippen molar-refractivity contribution in [3.8, 4) is 0 Å². The van der Waals surface area contributed by atoms with Crippen molar-refractivity contribution in [3.63, 3.8) is 0 Å². The average Bonchev–Trinajstić information content (AvgIpc) is 3.00. The molecule has 1 heterocycles. The zero-order chi connectivity index (χ0) is 21.0. The highest BCUT2D eigenvalue weighted by molar-refractivity contribution is 7.92. The van der Waals surface area contributed by atoms with Crippen molar-refractivity contribution in [3.05, 3.63) is 54.1 Å². The van der Waals surface area contributed by atoms with Crippen LogP contribution in [0.3, 0.4) is 0 Å². The molecule has 0 aliphatic carbocycles. The Balaban J connectivity index is 1.64. The Morgan fingerprint density at radius 2 is 1.72 bits per heavy atom. The fourth-order valence-corrected chi connectivity index (χ4v) is 3.93. The molecule has 3 aromatic rings. The zero-order valence-electron chi connectivity index (χ0n) is 15.6. The molecule has 3 rings (SSSR count). The summed E-state index contributed by atoms with van der Waals surface area (Å²) in [6, 6.07) is 11.9. The molecule has 0 saturated heterocycles. The molecule has 10 heteroatoms. The Kier molecular flexibility index (Phi) is 5.95. The van der Waals surface area contributed by atoms with E-state index in [9.17, 15) is 18.0 Å². The van der Waals surface area contributed by atoms with Crippen LogP contribution in [0.25, 0.3) is 16.3 Å². The van der Waals surface area contributed by atoms with Crippen LogP contribution >= 0.6 is 11.3 Å². The molecule has 0 saturated carbocycles. The van der Waals surface area contributed by atoms with E-state index in [1.54, 1.807) is 48.5 Å². The van der Waals surface area contributed by atoms with Crippen molar-refractivity contribution in [2.75, 3.05) is 21.6 Å². The van der Waals surface area contributed by atoms with Crippen molar-refractivity contribution >= 4 is 66.0 Å². The van der Waals surface area contributed by atoms with Gasteiger partial charge in [-0.2, -0.15) is 0 Å². The number of carbonyl (C=O) groups excluding carboxylic acids is 2. The first-order valence-electron chi connectivity index (χ1n) is 8.43. The molecule has 29 heavy (non-hydrogen) atoms. The van der Waals surface area contributed by atoms with Crippen LogP contribution in [-0.4, -0.2) is 31.5 Å². The average molecular weight is 431 g/mol. The van der Waals surface area contributed by atoms with Crippen LogP contribution in [0.1, 0.15) is 12.5 Å². The first-order chi connectivity index (χ1) is 13.7. The second kappa shape index (κ2) is 8.41. The fourth-order valence-electron chi connectivity index (χ4n) is 2.45. The molecule has 0 unspecified atom stereocenters. The Morgan fingerprint density at radius 3 is 2.38 bits per heavy atom. The maximum Gasteiger partial charge on any atom is 0.250 e. The lowest BCUT2D eigenvalue weighted by Crippen LogP contribution is -2.09. The van der Waals surface area contributed by atoms with Crippen LogP contribution in [-0.2, 0) is 19.6 Å². The van der Waals surface area contributed by atoms with Crippen LogP contribution < -0.4 is 15.4 Å². The Hall–Kier alpha value is -3.24. The number of sulfonamides is 1. The summed E-state index contributed by atoms with van der Waals surface area (Å²) in [5, 5.41) is 5.86. The number of thiazole rings is 1. The highest BCUT2D eigenvalue weighted by atomic mass is 32.2. The van der Waals surface area contributed by atoms with E-state index in [4.69, 9.17) is 0 Å². The summed E-state index contributed by atoms with van der Waals surface area (Å²) in [5.74, 6) is -0.503. The summed E-state index contributed by atoms with van der Waals surface area (Å²) < 4.78 is 25.6. The highest BCUT2D eigenvalue weighted by Gasteiger charge is 2.07. The lowest BCUT2D eigenvalue weighted by molar-refractivity contribution is -0.114. The number of hydrogen-bond acceptors (Lipinski definition) is 6. The third-order valence-electron chi connectivity index (χ3n) is 3.58. The van der Waals surface area contributed by atoms with Crippen molar-refractivity contribution in [1.82, 2.24) is 4.98 Å². The molecule has 0 atom stereocenters. The van der Waals surface area contributed by atoms with Gasteiger partial charge in [0, 0.05) is 24.4 Å². The van der Waals surface area contributed by atoms with Crippen molar-refractivity contribution in [2.45, 2.75) is 6.92 Å². The third kappa shape index (κ3) is 6.13. The Morgan fingerprint density at radius 1 is 1.03 bits per heavy atom.